The maximum absolute atomic E-state index is 11.7. The lowest BCUT2D eigenvalue weighted by molar-refractivity contribution is 0.603. The van der Waals surface area contributed by atoms with Crippen molar-refractivity contribution in [2.45, 2.75) is 4.21 Å². The van der Waals surface area contributed by atoms with Gasteiger partial charge in [-0.1, -0.05) is 12.1 Å². The first-order valence-corrected chi connectivity index (χ1v) is 6.52. The molecule has 0 aliphatic rings. The van der Waals surface area contributed by atoms with Gasteiger partial charge in [0.05, 0.1) is 0 Å². The summed E-state index contributed by atoms with van der Waals surface area (Å²) in [6.07, 6.45) is 1.53. The molecule has 2 aromatic heterocycles. The largest absolute Gasteiger partial charge is 0.272 e. The summed E-state index contributed by atoms with van der Waals surface area (Å²) >= 11 is 1.17. The molecule has 2 heterocycles. The van der Waals surface area contributed by atoms with Gasteiger partial charge >= 0.3 is 0 Å². The van der Waals surface area contributed by atoms with Crippen molar-refractivity contribution in [3.05, 3.63) is 41.9 Å². The highest BCUT2D eigenvalue weighted by Gasteiger charge is 2.14. The molecule has 0 aromatic carbocycles. The van der Waals surface area contributed by atoms with Crippen LogP contribution in [0.2, 0.25) is 0 Å². The SMILES string of the molecule is O=S(=O)(Nc1ccccn1)c1cccs1. The highest BCUT2D eigenvalue weighted by molar-refractivity contribution is 7.94. The van der Waals surface area contributed by atoms with Gasteiger partial charge in [0.25, 0.3) is 10.0 Å². The summed E-state index contributed by atoms with van der Waals surface area (Å²) < 4.78 is 26.1. The summed E-state index contributed by atoms with van der Waals surface area (Å²) in [6.45, 7) is 0. The maximum Gasteiger partial charge on any atom is 0.272 e. The molecular weight excluding hydrogens is 232 g/mol. The summed E-state index contributed by atoms with van der Waals surface area (Å²) in [6, 6.07) is 8.29. The topological polar surface area (TPSA) is 59.1 Å². The number of sulfonamides is 1. The van der Waals surface area contributed by atoms with E-state index in [1.54, 1.807) is 35.7 Å². The Morgan fingerprint density at radius 2 is 2.07 bits per heavy atom. The zero-order chi connectivity index (χ0) is 10.7. The number of thiophene rings is 1. The zero-order valence-corrected chi connectivity index (χ0v) is 9.25. The average Bonchev–Trinajstić information content (AvgIpc) is 2.71. The van der Waals surface area contributed by atoms with Crippen LogP contribution in [-0.2, 0) is 10.0 Å². The number of rotatable bonds is 3. The molecular formula is C9H8N2O2S2. The lowest BCUT2D eigenvalue weighted by Crippen LogP contribution is -2.12. The van der Waals surface area contributed by atoms with Crippen LogP contribution in [0, 0.1) is 0 Å². The first kappa shape index (κ1) is 10.1. The van der Waals surface area contributed by atoms with Gasteiger partial charge in [0.2, 0.25) is 0 Å². The summed E-state index contributed by atoms with van der Waals surface area (Å²) in [7, 11) is -3.46. The minimum absolute atomic E-state index is 0.285. The molecule has 0 fully saturated rings. The lowest BCUT2D eigenvalue weighted by atomic mass is 10.5. The van der Waals surface area contributed by atoms with Crippen LogP contribution in [0.15, 0.2) is 46.1 Å². The number of nitrogens with one attached hydrogen (secondary N) is 1. The molecule has 0 amide bonds. The van der Waals surface area contributed by atoms with Gasteiger partial charge in [-0.3, -0.25) is 4.72 Å². The molecule has 78 valence electrons. The Balaban J connectivity index is 2.27. The van der Waals surface area contributed by atoms with Crippen LogP contribution >= 0.6 is 11.3 Å². The van der Waals surface area contributed by atoms with Gasteiger partial charge in [-0.15, -0.1) is 11.3 Å². The molecule has 0 aliphatic carbocycles. The molecule has 0 spiro atoms. The number of hydrogen-bond acceptors (Lipinski definition) is 4. The summed E-state index contributed by atoms with van der Waals surface area (Å²) in [5, 5.41) is 1.72. The number of anilines is 1. The van der Waals surface area contributed by atoms with Gasteiger partial charge in [0.1, 0.15) is 10.0 Å². The third kappa shape index (κ3) is 2.34. The van der Waals surface area contributed by atoms with Crippen molar-refractivity contribution in [3.63, 3.8) is 0 Å². The fraction of sp³-hybridized carbons (Fsp3) is 0. The van der Waals surface area contributed by atoms with Crippen molar-refractivity contribution in [2.75, 3.05) is 4.72 Å². The molecule has 1 N–H and O–H groups in total. The molecule has 0 saturated carbocycles. The molecule has 0 bridgehead atoms. The number of hydrogen-bond donors (Lipinski definition) is 1. The van der Waals surface area contributed by atoms with Gasteiger partial charge < -0.3 is 0 Å². The third-order valence-corrected chi connectivity index (χ3v) is 4.42. The van der Waals surface area contributed by atoms with Crippen molar-refractivity contribution in [1.82, 2.24) is 4.98 Å². The predicted molar refractivity (Wildman–Crippen MR) is 59.4 cm³/mol. The Hall–Kier alpha value is -1.40. The molecule has 0 radical (unpaired) electrons. The van der Waals surface area contributed by atoms with Crippen molar-refractivity contribution in [2.24, 2.45) is 0 Å². The second-order valence-corrected chi connectivity index (χ2v) is 5.61. The fourth-order valence-corrected chi connectivity index (χ4v) is 3.03. The quantitative estimate of drug-likeness (QED) is 0.892. The fourth-order valence-electron chi connectivity index (χ4n) is 1.03. The number of aromatic nitrogens is 1. The van der Waals surface area contributed by atoms with Crippen LogP contribution in [0.5, 0.6) is 0 Å². The number of nitrogens with zero attached hydrogens (tertiary/aromatic N) is 1. The minimum atomic E-state index is -3.46. The highest BCUT2D eigenvalue weighted by Crippen LogP contribution is 2.18. The van der Waals surface area contributed by atoms with E-state index in [-0.39, 0.29) is 4.21 Å². The average molecular weight is 240 g/mol. The Labute approximate surface area is 91.7 Å². The van der Waals surface area contributed by atoms with E-state index in [1.165, 1.54) is 17.5 Å². The second-order valence-electron chi connectivity index (χ2n) is 2.75. The van der Waals surface area contributed by atoms with Gasteiger partial charge in [0, 0.05) is 6.20 Å². The van der Waals surface area contributed by atoms with Crippen LogP contribution in [0.1, 0.15) is 0 Å². The molecule has 2 rings (SSSR count). The van der Waals surface area contributed by atoms with E-state index in [9.17, 15) is 8.42 Å². The molecule has 2 aromatic rings. The Morgan fingerprint density at radius 1 is 1.20 bits per heavy atom. The van der Waals surface area contributed by atoms with Crippen LogP contribution in [0.25, 0.3) is 0 Å². The maximum atomic E-state index is 11.7. The summed E-state index contributed by atoms with van der Waals surface area (Å²) in [4.78, 5) is 3.89. The van der Waals surface area contributed by atoms with Crippen LogP contribution in [0.4, 0.5) is 5.82 Å². The Kier molecular flexibility index (Phi) is 2.70. The van der Waals surface area contributed by atoms with Crippen molar-refractivity contribution >= 4 is 27.2 Å². The monoisotopic (exact) mass is 240 g/mol. The van der Waals surface area contributed by atoms with E-state index < -0.39 is 10.0 Å². The van der Waals surface area contributed by atoms with Gasteiger partial charge in [-0.05, 0) is 23.6 Å². The molecule has 6 heteroatoms. The molecule has 0 saturated heterocycles. The first-order chi connectivity index (χ1) is 7.18. The van der Waals surface area contributed by atoms with Crippen LogP contribution < -0.4 is 4.72 Å². The molecule has 15 heavy (non-hydrogen) atoms. The predicted octanol–water partition coefficient (Wildman–Crippen LogP) is 1.94. The van der Waals surface area contributed by atoms with Crippen molar-refractivity contribution in [1.29, 1.82) is 0 Å². The van der Waals surface area contributed by atoms with E-state index in [0.717, 1.165) is 0 Å². The van der Waals surface area contributed by atoms with Gasteiger partial charge in [-0.25, -0.2) is 13.4 Å². The smallest absolute Gasteiger partial charge is 0.263 e. The summed E-state index contributed by atoms with van der Waals surface area (Å²) in [5.41, 5.74) is 0. The van der Waals surface area contributed by atoms with Crippen molar-refractivity contribution in [3.8, 4) is 0 Å². The Bertz CT molecular complexity index is 521. The van der Waals surface area contributed by atoms with Gasteiger partial charge in [-0.2, -0.15) is 0 Å². The van der Waals surface area contributed by atoms with Crippen molar-refractivity contribution < 1.29 is 8.42 Å². The number of pyridine rings is 1. The molecule has 0 unspecified atom stereocenters. The van der Waals surface area contributed by atoms with E-state index in [2.05, 4.69) is 9.71 Å². The Morgan fingerprint density at radius 3 is 2.67 bits per heavy atom. The van der Waals surface area contributed by atoms with Crippen LogP contribution in [0.3, 0.4) is 0 Å². The highest BCUT2D eigenvalue weighted by atomic mass is 32.2. The lowest BCUT2D eigenvalue weighted by Gasteiger charge is -2.03. The van der Waals surface area contributed by atoms with Gasteiger partial charge in [0.15, 0.2) is 0 Å². The van der Waals surface area contributed by atoms with E-state index in [4.69, 9.17) is 0 Å². The van der Waals surface area contributed by atoms with E-state index in [0.29, 0.717) is 5.82 Å². The second kappa shape index (κ2) is 4.00. The van der Waals surface area contributed by atoms with E-state index >= 15 is 0 Å². The zero-order valence-electron chi connectivity index (χ0n) is 7.62. The third-order valence-electron chi connectivity index (χ3n) is 1.66. The standard InChI is InChI=1S/C9H8N2O2S2/c12-15(13,9-5-3-7-14-9)11-8-4-1-2-6-10-8/h1-7H,(H,10,11). The van der Waals surface area contributed by atoms with E-state index in [1.807, 2.05) is 0 Å². The first-order valence-electron chi connectivity index (χ1n) is 4.16. The summed E-state index contributed by atoms with van der Waals surface area (Å²) in [5.74, 6) is 0.325. The minimum Gasteiger partial charge on any atom is -0.263 e. The van der Waals surface area contributed by atoms with Crippen LogP contribution in [-0.4, -0.2) is 13.4 Å². The normalized spacial score (nSPS) is 11.2. The molecule has 0 atom stereocenters. The molecule has 0 aliphatic heterocycles. The molecule has 4 nitrogen and oxygen atoms in total.